The number of halogens is 1. The number of ether oxygens (including phenoxy) is 1. The van der Waals surface area contributed by atoms with E-state index in [4.69, 9.17) is 16.3 Å². The summed E-state index contributed by atoms with van der Waals surface area (Å²) in [6, 6.07) is 7.37. The molecule has 1 aliphatic rings. The summed E-state index contributed by atoms with van der Waals surface area (Å²) >= 11 is 6.14. The zero-order chi connectivity index (χ0) is 13.7. The Morgan fingerprint density at radius 1 is 1.53 bits per heavy atom. The summed E-state index contributed by atoms with van der Waals surface area (Å²) < 4.78 is 5.34. The number of benzene rings is 1. The molecule has 0 unspecified atom stereocenters. The van der Waals surface area contributed by atoms with Crippen LogP contribution in [0.15, 0.2) is 24.3 Å². The molecule has 1 N–H and O–H groups in total. The largest absolute Gasteiger partial charge is 0.378 e. The van der Waals surface area contributed by atoms with Gasteiger partial charge in [0, 0.05) is 24.7 Å². The highest BCUT2D eigenvalue weighted by Crippen LogP contribution is 2.17. The molecular formula is C14H19ClN2O2. The lowest BCUT2D eigenvalue weighted by molar-refractivity contribution is -0.136. The lowest BCUT2D eigenvalue weighted by atomic mass is 10.1. The molecule has 1 saturated heterocycles. The maximum Gasteiger partial charge on any atom is 0.242 e. The van der Waals surface area contributed by atoms with Crippen molar-refractivity contribution in [3.8, 4) is 0 Å². The Morgan fingerprint density at radius 3 is 2.95 bits per heavy atom. The van der Waals surface area contributed by atoms with E-state index in [1.165, 1.54) is 0 Å². The third-order valence-electron chi connectivity index (χ3n) is 3.23. The van der Waals surface area contributed by atoms with Gasteiger partial charge >= 0.3 is 0 Å². The summed E-state index contributed by atoms with van der Waals surface area (Å²) in [6.07, 6.45) is 0. The van der Waals surface area contributed by atoms with Gasteiger partial charge in [-0.25, -0.2) is 0 Å². The van der Waals surface area contributed by atoms with Crippen molar-refractivity contribution in [3.63, 3.8) is 0 Å². The van der Waals surface area contributed by atoms with Crippen molar-refractivity contribution in [2.45, 2.75) is 19.5 Å². The van der Waals surface area contributed by atoms with Gasteiger partial charge in [-0.1, -0.05) is 29.8 Å². The SMILES string of the molecule is CCN(Cc1ccccc1Cl)C(=O)[C@@H]1COCCN1. The maximum atomic E-state index is 12.4. The summed E-state index contributed by atoms with van der Waals surface area (Å²) in [7, 11) is 0. The van der Waals surface area contributed by atoms with Gasteiger partial charge in [0.2, 0.25) is 5.91 Å². The average Bonchev–Trinajstić information content (AvgIpc) is 2.47. The average molecular weight is 283 g/mol. The number of amides is 1. The monoisotopic (exact) mass is 282 g/mol. The molecule has 0 aliphatic carbocycles. The maximum absolute atomic E-state index is 12.4. The topological polar surface area (TPSA) is 41.6 Å². The fraction of sp³-hybridized carbons (Fsp3) is 0.500. The van der Waals surface area contributed by atoms with E-state index in [1.54, 1.807) is 4.90 Å². The van der Waals surface area contributed by atoms with Crippen molar-refractivity contribution >= 4 is 17.5 Å². The van der Waals surface area contributed by atoms with Crippen LogP contribution in [0.5, 0.6) is 0 Å². The molecular weight excluding hydrogens is 264 g/mol. The molecule has 4 nitrogen and oxygen atoms in total. The Hall–Kier alpha value is -1.10. The first-order valence-corrected chi connectivity index (χ1v) is 6.93. The minimum Gasteiger partial charge on any atom is -0.378 e. The Morgan fingerprint density at radius 2 is 2.32 bits per heavy atom. The highest BCUT2D eigenvalue weighted by atomic mass is 35.5. The number of rotatable bonds is 4. The highest BCUT2D eigenvalue weighted by Gasteiger charge is 2.25. The van der Waals surface area contributed by atoms with Crippen LogP contribution >= 0.6 is 11.6 Å². The number of nitrogens with one attached hydrogen (secondary N) is 1. The minimum atomic E-state index is -0.240. The van der Waals surface area contributed by atoms with Gasteiger partial charge in [0.15, 0.2) is 0 Å². The standard InChI is InChI=1S/C14H19ClN2O2/c1-2-17(9-11-5-3-4-6-12(11)15)14(18)13-10-19-8-7-16-13/h3-6,13,16H,2,7-10H2,1H3/t13-/m0/s1. The molecule has 0 saturated carbocycles. The van der Waals surface area contributed by atoms with Gasteiger partial charge in [-0.15, -0.1) is 0 Å². The molecule has 1 aliphatic heterocycles. The quantitative estimate of drug-likeness (QED) is 0.914. The van der Waals surface area contributed by atoms with Gasteiger partial charge in [0.1, 0.15) is 6.04 Å². The van der Waals surface area contributed by atoms with Crippen molar-refractivity contribution in [3.05, 3.63) is 34.9 Å². The first kappa shape index (κ1) is 14.3. The highest BCUT2D eigenvalue weighted by molar-refractivity contribution is 6.31. The van der Waals surface area contributed by atoms with Gasteiger partial charge in [-0.3, -0.25) is 4.79 Å². The zero-order valence-corrected chi connectivity index (χ0v) is 11.8. The van der Waals surface area contributed by atoms with Crippen LogP contribution in [0.3, 0.4) is 0 Å². The fourth-order valence-electron chi connectivity index (χ4n) is 2.12. The number of morpholine rings is 1. The molecule has 0 spiro atoms. The molecule has 19 heavy (non-hydrogen) atoms. The lowest BCUT2D eigenvalue weighted by Gasteiger charge is -2.29. The van der Waals surface area contributed by atoms with E-state index in [1.807, 2.05) is 31.2 Å². The van der Waals surface area contributed by atoms with E-state index < -0.39 is 0 Å². The molecule has 0 bridgehead atoms. The fourth-order valence-corrected chi connectivity index (χ4v) is 2.32. The minimum absolute atomic E-state index is 0.0714. The number of nitrogens with zero attached hydrogens (tertiary/aromatic N) is 1. The second-order valence-electron chi connectivity index (χ2n) is 4.53. The molecule has 1 aromatic carbocycles. The second kappa shape index (κ2) is 6.89. The predicted molar refractivity (Wildman–Crippen MR) is 75.2 cm³/mol. The number of hydrogen-bond donors (Lipinski definition) is 1. The smallest absolute Gasteiger partial charge is 0.242 e. The Labute approximate surface area is 118 Å². The molecule has 104 valence electrons. The van der Waals surface area contributed by atoms with Crippen LogP contribution in [0.4, 0.5) is 0 Å². The van der Waals surface area contributed by atoms with E-state index in [0.717, 1.165) is 12.1 Å². The van der Waals surface area contributed by atoms with E-state index in [0.29, 0.717) is 31.3 Å². The number of hydrogen-bond acceptors (Lipinski definition) is 3. The molecule has 1 aromatic rings. The van der Waals surface area contributed by atoms with Crippen LogP contribution < -0.4 is 5.32 Å². The van der Waals surface area contributed by atoms with E-state index in [2.05, 4.69) is 5.32 Å². The van der Waals surface area contributed by atoms with E-state index in [9.17, 15) is 4.79 Å². The molecule has 1 atom stereocenters. The Bertz CT molecular complexity index is 433. The van der Waals surface area contributed by atoms with Crippen molar-refractivity contribution in [2.75, 3.05) is 26.3 Å². The number of carbonyl (C=O) groups excluding carboxylic acids is 1. The molecule has 1 amide bonds. The third-order valence-corrected chi connectivity index (χ3v) is 3.60. The van der Waals surface area contributed by atoms with Crippen LogP contribution in [0.1, 0.15) is 12.5 Å². The van der Waals surface area contributed by atoms with Crippen molar-refractivity contribution < 1.29 is 9.53 Å². The molecule has 1 heterocycles. The van der Waals surface area contributed by atoms with Gasteiger partial charge in [-0.2, -0.15) is 0 Å². The third kappa shape index (κ3) is 3.69. The zero-order valence-electron chi connectivity index (χ0n) is 11.1. The van der Waals surface area contributed by atoms with Crippen LogP contribution in [0, 0.1) is 0 Å². The summed E-state index contributed by atoms with van der Waals surface area (Å²) in [4.78, 5) is 14.2. The van der Waals surface area contributed by atoms with E-state index in [-0.39, 0.29) is 11.9 Å². The first-order chi connectivity index (χ1) is 9.22. The van der Waals surface area contributed by atoms with Crippen LogP contribution in [-0.4, -0.2) is 43.2 Å². The second-order valence-corrected chi connectivity index (χ2v) is 4.93. The summed E-state index contributed by atoms with van der Waals surface area (Å²) in [5.74, 6) is 0.0714. The van der Waals surface area contributed by atoms with Crippen molar-refractivity contribution in [1.29, 1.82) is 0 Å². The molecule has 2 rings (SSSR count). The van der Waals surface area contributed by atoms with Crippen LogP contribution in [0.2, 0.25) is 5.02 Å². The Kier molecular flexibility index (Phi) is 5.19. The number of carbonyl (C=O) groups is 1. The summed E-state index contributed by atoms with van der Waals surface area (Å²) in [5, 5.41) is 3.88. The van der Waals surface area contributed by atoms with Gasteiger partial charge in [-0.05, 0) is 18.6 Å². The lowest BCUT2D eigenvalue weighted by Crippen LogP contribution is -2.52. The van der Waals surface area contributed by atoms with Crippen molar-refractivity contribution in [1.82, 2.24) is 10.2 Å². The summed E-state index contributed by atoms with van der Waals surface area (Å²) in [5.41, 5.74) is 0.969. The predicted octanol–water partition coefficient (Wildman–Crippen LogP) is 1.68. The van der Waals surface area contributed by atoms with Crippen LogP contribution in [-0.2, 0) is 16.1 Å². The van der Waals surface area contributed by atoms with Crippen LogP contribution in [0.25, 0.3) is 0 Å². The Balaban J connectivity index is 2.03. The summed E-state index contributed by atoms with van der Waals surface area (Å²) in [6.45, 7) is 4.99. The van der Waals surface area contributed by atoms with Gasteiger partial charge in [0.05, 0.1) is 13.2 Å². The van der Waals surface area contributed by atoms with E-state index >= 15 is 0 Å². The molecule has 0 radical (unpaired) electrons. The van der Waals surface area contributed by atoms with Gasteiger partial charge in [0.25, 0.3) is 0 Å². The molecule has 5 heteroatoms. The first-order valence-electron chi connectivity index (χ1n) is 6.55. The van der Waals surface area contributed by atoms with Crippen molar-refractivity contribution in [2.24, 2.45) is 0 Å². The molecule has 0 aromatic heterocycles. The molecule has 1 fully saturated rings. The van der Waals surface area contributed by atoms with Gasteiger partial charge < -0.3 is 15.0 Å². The number of likely N-dealkylation sites (N-methyl/N-ethyl adjacent to an activating group) is 1. The normalized spacial score (nSPS) is 19.2.